The molecule has 1 fully saturated rings. The Balaban J connectivity index is 2.73. The molecule has 3 nitrogen and oxygen atoms in total. The third-order valence-electron chi connectivity index (χ3n) is 3.70. The molecule has 0 radical (unpaired) electrons. The van der Waals surface area contributed by atoms with Crippen LogP contribution in [0.1, 0.15) is 52.9 Å². The molecular formula is C14H27NO2. The third-order valence-corrected chi connectivity index (χ3v) is 3.70. The molecule has 0 saturated heterocycles. The van der Waals surface area contributed by atoms with Crippen LogP contribution in [0, 0.1) is 11.3 Å². The zero-order chi connectivity index (χ0) is 13.1. The Kier molecular flexibility index (Phi) is 4.99. The molecule has 100 valence electrons. The third kappa shape index (κ3) is 3.70. The topological polar surface area (TPSA) is 40.5 Å². The maximum Gasteiger partial charge on any atom is 0.228 e. The molecule has 0 aromatic carbocycles. The van der Waals surface area contributed by atoms with E-state index in [0.717, 1.165) is 19.3 Å². The van der Waals surface area contributed by atoms with Gasteiger partial charge in [0.2, 0.25) is 5.91 Å². The molecule has 1 amide bonds. The zero-order valence-electron chi connectivity index (χ0n) is 11.7. The Labute approximate surface area is 105 Å². The predicted octanol–water partition coefficient (Wildman–Crippen LogP) is 2.43. The number of amides is 1. The second kappa shape index (κ2) is 5.85. The van der Waals surface area contributed by atoms with E-state index in [1.807, 2.05) is 7.05 Å². The lowest BCUT2D eigenvalue weighted by atomic mass is 9.77. The maximum absolute atomic E-state index is 12.6. The molecule has 0 bridgehead atoms. The van der Waals surface area contributed by atoms with E-state index in [4.69, 9.17) is 0 Å². The second-order valence-corrected chi connectivity index (χ2v) is 6.12. The van der Waals surface area contributed by atoms with Crippen molar-refractivity contribution in [1.82, 2.24) is 4.90 Å². The Morgan fingerprint density at radius 2 is 1.82 bits per heavy atom. The van der Waals surface area contributed by atoms with Crippen LogP contribution in [0.4, 0.5) is 0 Å². The first-order chi connectivity index (χ1) is 7.87. The lowest BCUT2D eigenvalue weighted by Crippen LogP contribution is -2.43. The van der Waals surface area contributed by atoms with Crippen LogP contribution in [0.2, 0.25) is 0 Å². The van der Waals surface area contributed by atoms with E-state index in [1.165, 1.54) is 12.8 Å². The van der Waals surface area contributed by atoms with Crippen molar-refractivity contribution in [3.8, 4) is 0 Å². The highest BCUT2D eigenvalue weighted by Gasteiger charge is 2.42. The number of carbonyl (C=O) groups excluding carboxylic acids is 1. The van der Waals surface area contributed by atoms with Crippen LogP contribution in [0.15, 0.2) is 0 Å². The zero-order valence-corrected chi connectivity index (χ0v) is 11.7. The standard InChI is InChI=1S/C14H27NO2/c1-11(2)9-14(7-5-6-8-14)13(17)15(4)10-12(3)16/h11-12,16H,5-10H2,1-4H3. The van der Waals surface area contributed by atoms with Gasteiger partial charge in [-0.2, -0.15) is 0 Å². The average molecular weight is 241 g/mol. The molecule has 0 aliphatic heterocycles. The van der Waals surface area contributed by atoms with E-state index >= 15 is 0 Å². The van der Waals surface area contributed by atoms with Gasteiger partial charge in [-0.15, -0.1) is 0 Å². The first-order valence-electron chi connectivity index (χ1n) is 6.81. The van der Waals surface area contributed by atoms with Crippen LogP contribution >= 0.6 is 0 Å². The van der Waals surface area contributed by atoms with E-state index in [2.05, 4.69) is 13.8 Å². The minimum atomic E-state index is -0.443. The molecule has 1 atom stereocenters. The summed E-state index contributed by atoms with van der Waals surface area (Å²) in [7, 11) is 1.81. The van der Waals surface area contributed by atoms with Crippen LogP contribution in [-0.4, -0.2) is 35.6 Å². The molecule has 17 heavy (non-hydrogen) atoms. The minimum Gasteiger partial charge on any atom is -0.392 e. The van der Waals surface area contributed by atoms with Gasteiger partial charge >= 0.3 is 0 Å². The van der Waals surface area contributed by atoms with Crippen molar-refractivity contribution >= 4 is 5.91 Å². The van der Waals surface area contributed by atoms with Crippen LogP contribution in [-0.2, 0) is 4.79 Å². The summed E-state index contributed by atoms with van der Waals surface area (Å²) in [5, 5.41) is 9.39. The van der Waals surface area contributed by atoms with Crippen LogP contribution in [0.3, 0.4) is 0 Å². The summed E-state index contributed by atoms with van der Waals surface area (Å²) in [4.78, 5) is 14.3. The predicted molar refractivity (Wildman–Crippen MR) is 69.7 cm³/mol. The maximum atomic E-state index is 12.6. The highest BCUT2D eigenvalue weighted by molar-refractivity contribution is 5.82. The molecule has 1 saturated carbocycles. The minimum absolute atomic E-state index is 0.141. The van der Waals surface area contributed by atoms with Gasteiger partial charge in [-0.3, -0.25) is 4.79 Å². The summed E-state index contributed by atoms with van der Waals surface area (Å²) in [6.07, 6.45) is 4.92. The Morgan fingerprint density at radius 3 is 2.24 bits per heavy atom. The number of aliphatic hydroxyl groups is 1. The Bertz CT molecular complexity index is 255. The molecule has 1 N–H and O–H groups in total. The molecule has 1 aliphatic carbocycles. The number of carbonyl (C=O) groups is 1. The highest BCUT2D eigenvalue weighted by Crippen LogP contribution is 2.44. The molecule has 0 aromatic rings. The van der Waals surface area contributed by atoms with Crippen molar-refractivity contribution in [2.45, 2.75) is 59.0 Å². The van der Waals surface area contributed by atoms with Crippen molar-refractivity contribution in [1.29, 1.82) is 0 Å². The molecule has 3 heteroatoms. The van der Waals surface area contributed by atoms with Crippen molar-refractivity contribution in [3.63, 3.8) is 0 Å². The molecule has 0 heterocycles. The van der Waals surface area contributed by atoms with E-state index in [-0.39, 0.29) is 11.3 Å². The molecule has 1 aliphatic rings. The molecule has 1 unspecified atom stereocenters. The molecule has 0 aromatic heterocycles. The lowest BCUT2D eigenvalue weighted by Gasteiger charge is -2.34. The van der Waals surface area contributed by atoms with Crippen LogP contribution in [0.5, 0.6) is 0 Å². The largest absolute Gasteiger partial charge is 0.392 e. The van der Waals surface area contributed by atoms with E-state index in [0.29, 0.717) is 12.5 Å². The van der Waals surface area contributed by atoms with Gasteiger partial charge in [0.1, 0.15) is 0 Å². The summed E-state index contributed by atoms with van der Waals surface area (Å²) in [5.41, 5.74) is -0.141. The van der Waals surface area contributed by atoms with Gasteiger partial charge in [-0.1, -0.05) is 26.7 Å². The Hall–Kier alpha value is -0.570. The monoisotopic (exact) mass is 241 g/mol. The molecule has 1 rings (SSSR count). The number of aliphatic hydroxyl groups excluding tert-OH is 1. The van der Waals surface area contributed by atoms with E-state index in [9.17, 15) is 9.90 Å². The highest BCUT2D eigenvalue weighted by atomic mass is 16.3. The second-order valence-electron chi connectivity index (χ2n) is 6.12. The average Bonchev–Trinajstić information content (AvgIpc) is 2.64. The van der Waals surface area contributed by atoms with Crippen molar-refractivity contribution < 1.29 is 9.90 Å². The van der Waals surface area contributed by atoms with Gasteiger partial charge in [0, 0.05) is 19.0 Å². The van der Waals surface area contributed by atoms with Gasteiger partial charge < -0.3 is 10.0 Å². The molecule has 0 spiro atoms. The first-order valence-corrected chi connectivity index (χ1v) is 6.81. The van der Waals surface area contributed by atoms with Gasteiger partial charge in [0.25, 0.3) is 0 Å². The smallest absolute Gasteiger partial charge is 0.228 e. The number of nitrogens with zero attached hydrogens (tertiary/aromatic N) is 1. The number of likely N-dealkylation sites (N-methyl/N-ethyl adjacent to an activating group) is 1. The fourth-order valence-electron chi connectivity index (χ4n) is 3.22. The summed E-state index contributed by atoms with van der Waals surface area (Å²) in [6.45, 7) is 6.54. The fourth-order valence-corrected chi connectivity index (χ4v) is 3.22. The van der Waals surface area contributed by atoms with E-state index < -0.39 is 6.10 Å². The number of hydrogen-bond acceptors (Lipinski definition) is 2. The van der Waals surface area contributed by atoms with Gasteiger partial charge in [0.05, 0.1) is 6.10 Å². The van der Waals surface area contributed by atoms with Gasteiger partial charge in [0.15, 0.2) is 0 Å². The van der Waals surface area contributed by atoms with Crippen molar-refractivity contribution in [2.75, 3.05) is 13.6 Å². The van der Waals surface area contributed by atoms with Crippen LogP contribution in [0.25, 0.3) is 0 Å². The van der Waals surface area contributed by atoms with Crippen molar-refractivity contribution in [2.24, 2.45) is 11.3 Å². The summed E-state index contributed by atoms with van der Waals surface area (Å²) in [5.74, 6) is 0.793. The summed E-state index contributed by atoms with van der Waals surface area (Å²) >= 11 is 0. The SMILES string of the molecule is CC(C)CC1(C(=O)N(C)CC(C)O)CCCC1. The fraction of sp³-hybridized carbons (Fsp3) is 0.929. The van der Waals surface area contributed by atoms with E-state index in [1.54, 1.807) is 11.8 Å². The normalized spacial score (nSPS) is 20.6. The first kappa shape index (κ1) is 14.5. The van der Waals surface area contributed by atoms with Crippen molar-refractivity contribution in [3.05, 3.63) is 0 Å². The molecular weight excluding hydrogens is 214 g/mol. The quantitative estimate of drug-likeness (QED) is 0.803. The number of hydrogen-bond donors (Lipinski definition) is 1. The van der Waals surface area contributed by atoms with Gasteiger partial charge in [-0.05, 0) is 32.1 Å². The number of rotatable bonds is 5. The van der Waals surface area contributed by atoms with Gasteiger partial charge in [-0.25, -0.2) is 0 Å². The van der Waals surface area contributed by atoms with Crippen LogP contribution < -0.4 is 0 Å². The lowest BCUT2D eigenvalue weighted by molar-refractivity contribution is -0.142. The summed E-state index contributed by atoms with van der Waals surface area (Å²) < 4.78 is 0. The Morgan fingerprint density at radius 1 is 1.29 bits per heavy atom. The summed E-state index contributed by atoms with van der Waals surface area (Å²) in [6, 6.07) is 0.